The molecular weight excluding hydrogens is 299 g/mol. The Labute approximate surface area is 145 Å². The van der Waals surface area contributed by atoms with Crippen LogP contribution in [0.25, 0.3) is 5.69 Å². The molecule has 1 aliphatic heterocycles. The molecule has 1 fully saturated rings. The van der Waals surface area contributed by atoms with Gasteiger partial charge in [-0.2, -0.15) is 0 Å². The SMILES string of the molecule is CC(C)(C)c1ccc(-n2cnc(B3OC(C)(C)C(C)(C)O3)c2)cc1. The van der Waals surface area contributed by atoms with Gasteiger partial charge in [0.05, 0.1) is 23.1 Å². The Morgan fingerprint density at radius 3 is 2.00 bits per heavy atom. The molecule has 0 saturated carbocycles. The molecule has 0 N–H and O–H groups in total. The fourth-order valence-electron chi connectivity index (χ4n) is 2.70. The normalized spacial score (nSPS) is 19.7. The molecule has 128 valence electrons. The van der Waals surface area contributed by atoms with Crippen molar-refractivity contribution in [1.82, 2.24) is 9.55 Å². The number of imidazole rings is 1. The van der Waals surface area contributed by atoms with E-state index in [9.17, 15) is 0 Å². The van der Waals surface area contributed by atoms with E-state index in [1.807, 2.05) is 17.1 Å². The van der Waals surface area contributed by atoms with E-state index in [1.54, 1.807) is 0 Å². The molecule has 0 spiro atoms. The first-order chi connectivity index (χ1) is 11.0. The summed E-state index contributed by atoms with van der Waals surface area (Å²) in [5.74, 6) is 0. The van der Waals surface area contributed by atoms with Crippen molar-refractivity contribution in [1.29, 1.82) is 0 Å². The van der Waals surface area contributed by atoms with Gasteiger partial charge in [-0.15, -0.1) is 0 Å². The van der Waals surface area contributed by atoms with Crippen molar-refractivity contribution in [3.8, 4) is 5.69 Å². The van der Waals surface area contributed by atoms with Gasteiger partial charge in [0.15, 0.2) is 0 Å². The highest BCUT2D eigenvalue weighted by atomic mass is 16.7. The van der Waals surface area contributed by atoms with Gasteiger partial charge in [-0.1, -0.05) is 32.9 Å². The summed E-state index contributed by atoms with van der Waals surface area (Å²) in [5, 5.41) is 0. The molecular formula is C19H27BN2O2. The van der Waals surface area contributed by atoms with Crippen LogP contribution in [0.15, 0.2) is 36.8 Å². The van der Waals surface area contributed by atoms with Crippen molar-refractivity contribution in [3.63, 3.8) is 0 Å². The average Bonchev–Trinajstić information content (AvgIpc) is 3.02. The minimum Gasteiger partial charge on any atom is -0.398 e. The number of rotatable bonds is 2. The second kappa shape index (κ2) is 5.46. The third-order valence-corrected chi connectivity index (χ3v) is 5.13. The Kier molecular flexibility index (Phi) is 3.93. The minimum atomic E-state index is -0.426. The molecule has 0 unspecified atom stereocenters. The zero-order chi connectivity index (χ0) is 17.8. The van der Waals surface area contributed by atoms with Gasteiger partial charge in [-0.05, 0) is 50.8 Å². The summed E-state index contributed by atoms with van der Waals surface area (Å²) < 4.78 is 14.1. The molecule has 3 rings (SSSR count). The summed E-state index contributed by atoms with van der Waals surface area (Å²) >= 11 is 0. The molecule has 5 heteroatoms. The Morgan fingerprint density at radius 1 is 0.958 bits per heavy atom. The van der Waals surface area contributed by atoms with Crippen LogP contribution >= 0.6 is 0 Å². The van der Waals surface area contributed by atoms with E-state index in [4.69, 9.17) is 9.31 Å². The van der Waals surface area contributed by atoms with Gasteiger partial charge in [0, 0.05) is 11.9 Å². The summed E-state index contributed by atoms with van der Waals surface area (Å²) in [6.07, 6.45) is 3.79. The molecule has 1 saturated heterocycles. The number of benzene rings is 1. The first-order valence-electron chi connectivity index (χ1n) is 8.50. The quantitative estimate of drug-likeness (QED) is 0.793. The Balaban J connectivity index is 1.82. The molecule has 0 aliphatic carbocycles. The maximum Gasteiger partial charge on any atom is 0.516 e. The van der Waals surface area contributed by atoms with Crippen molar-refractivity contribution < 1.29 is 9.31 Å². The first-order valence-corrected chi connectivity index (χ1v) is 8.50. The smallest absolute Gasteiger partial charge is 0.398 e. The van der Waals surface area contributed by atoms with E-state index < -0.39 is 7.12 Å². The molecule has 1 aliphatic rings. The number of hydrogen-bond donors (Lipinski definition) is 0. The highest BCUT2D eigenvalue weighted by Crippen LogP contribution is 2.36. The van der Waals surface area contributed by atoms with Crippen LogP contribution in [0.4, 0.5) is 0 Å². The van der Waals surface area contributed by atoms with Crippen LogP contribution in [0.2, 0.25) is 0 Å². The Bertz CT molecular complexity index is 711. The summed E-state index contributed by atoms with van der Waals surface area (Å²) in [6, 6.07) is 8.58. The third kappa shape index (κ3) is 3.03. The van der Waals surface area contributed by atoms with Crippen molar-refractivity contribution in [3.05, 3.63) is 42.4 Å². The maximum atomic E-state index is 6.07. The van der Waals surface area contributed by atoms with Crippen LogP contribution in [0.3, 0.4) is 0 Å². The summed E-state index contributed by atoms with van der Waals surface area (Å²) in [4.78, 5) is 4.49. The molecule has 0 amide bonds. The lowest BCUT2D eigenvalue weighted by Crippen LogP contribution is -2.41. The van der Waals surface area contributed by atoms with E-state index in [-0.39, 0.29) is 16.6 Å². The molecule has 0 bridgehead atoms. The molecule has 4 nitrogen and oxygen atoms in total. The predicted octanol–water partition coefficient (Wildman–Crippen LogP) is 3.47. The largest absolute Gasteiger partial charge is 0.516 e. The highest BCUT2D eigenvalue weighted by Gasteiger charge is 2.52. The lowest BCUT2D eigenvalue weighted by atomic mass is 9.86. The zero-order valence-electron chi connectivity index (χ0n) is 15.8. The van der Waals surface area contributed by atoms with Crippen molar-refractivity contribution in [2.75, 3.05) is 0 Å². The fraction of sp³-hybridized carbons (Fsp3) is 0.526. The van der Waals surface area contributed by atoms with Crippen LogP contribution in [-0.4, -0.2) is 27.9 Å². The molecule has 0 radical (unpaired) electrons. The highest BCUT2D eigenvalue weighted by molar-refractivity contribution is 6.61. The van der Waals surface area contributed by atoms with Crippen LogP contribution < -0.4 is 5.59 Å². The van der Waals surface area contributed by atoms with Crippen LogP contribution in [0.1, 0.15) is 54.0 Å². The summed E-state index contributed by atoms with van der Waals surface area (Å²) in [6.45, 7) is 14.9. The maximum absolute atomic E-state index is 6.07. The standard InChI is InChI=1S/C19H27BN2O2/c1-17(2,3)14-8-10-15(11-9-14)22-12-16(21-13-22)20-23-18(4,5)19(6,7)24-20/h8-13H,1-7H3. The van der Waals surface area contributed by atoms with E-state index >= 15 is 0 Å². The third-order valence-electron chi connectivity index (χ3n) is 5.13. The van der Waals surface area contributed by atoms with Crippen molar-refractivity contribution in [2.24, 2.45) is 0 Å². The molecule has 24 heavy (non-hydrogen) atoms. The number of aromatic nitrogens is 2. The topological polar surface area (TPSA) is 36.3 Å². The second-order valence-corrected chi connectivity index (χ2v) is 8.59. The van der Waals surface area contributed by atoms with Gasteiger partial charge in [0.25, 0.3) is 0 Å². The van der Waals surface area contributed by atoms with E-state index in [0.717, 1.165) is 11.3 Å². The average molecular weight is 326 g/mol. The first kappa shape index (κ1) is 17.2. The van der Waals surface area contributed by atoms with Gasteiger partial charge in [-0.25, -0.2) is 4.98 Å². The lowest BCUT2D eigenvalue weighted by molar-refractivity contribution is 0.00578. The van der Waals surface area contributed by atoms with Crippen molar-refractivity contribution >= 4 is 12.7 Å². The van der Waals surface area contributed by atoms with Gasteiger partial charge in [-0.3, -0.25) is 0 Å². The lowest BCUT2D eigenvalue weighted by Gasteiger charge is -2.32. The molecule has 2 aromatic rings. The van der Waals surface area contributed by atoms with Gasteiger partial charge >= 0.3 is 7.12 Å². The van der Waals surface area contributed by atoms with E-state index in [1.165, 1.54) is 5.56 Å². The van der Waals surface area contributed by atoms with Crippen LogP contribution in [0, 0.1) is 0 Å². The van der Waals surface area contributed by atoms with Crippen molar-refractivity contribution in [2.45, 2.75) is 65.1 Å². The predicted molar refractivity (Wildman–Crippen MR) is 98.0 cm³/mol. The minimum absolute atomic E-state index is 0.154. The molecule has 1 aromatic carbocycles. The molecule has 0 atom stereocenters. The fourth-order valence-corrected chi connectivity index (χ4v) is 2.70. The summed E-state index contributed by atoms with van der Waals surface area (Å²) in [7, 11) is -0.426. The second-order valence-electron chi connectivity index (χ2n) is 8.59. The number of nitrogens with zero attached hydrogens (tertiary/aromatic N) is 2. The molecule has 1 aromatic heterocycles. The van der Waals surface area contributed by atoms with E-state index in [2.05, 4.69) is 77.7 Å². The van der Waals surface area contributed by atoms with Gasteiger partial charge in [0.1, 0.15) is 0 Å². The molecule has 2 heterocycles. The monoisotopic (exact) mass is 326 g/mol. The van der Waals surface area contributed by atoms with E-state index in [0.29, 0.717) is 0 Å². The van der Waals surface area contributed by atoms with Gasteiger partial charge < -0.3 is 13.9 Å². The summed E-state index contributed by atoms with van der Waals surface area (Å²) in [5.41, 5.74) is 2.65. The van der Waals surface area contributed by atoms with Crippen LogP contribution in [0.5, 0.6) is 0 Å². The number of hydrogen-bond acceptors (Lipinski definition) is 3. The Hall–Kier alpha value is -1.59. The van der Waals surface area contributed by atoms with Gasteiger partial charge in [0.2, 0.25) is 0 Å². The van der Waals surface area contributed by atoms with Crippen LogP contribution in [-0.2, 0) is 14.7 Å². The zero-order valence-corrected chi connectivity index (χ0v) is 15.8. The Morgan fingerprint density at radius 2 is 1.50 bits per heavy atom.